The van der Waals surface area contributed by atoms with E-state index in [9.17, 15) is 14.4 Å². The Balaban J connectivity index is 1.03. The molecule has 2 aromatic carbocycles. The van der Waals surface area contributed by atoms with Crippen molar-refractivity contribution >= 4 is 28.6 Å². The van der Waals surface area contributed by atoms with Crippen LogP contribution in [0.15, 0.2) is 54.7 Å². The average molecular weight is 525 g/mol. The van der Waals surface area contributed by atoms with E-state index in [0.717, 1.165) is 49.2 Å². The number of fused-ring (bicyclic) bond motifs is 2. The van der Waals surface area contributed by atoms with Gasteiger partial charge in [-0.15, -0.1) is 0 Å². The topological polar surface area (TPSA) is 91.8 Å². The maximum atomic E-state index is 13.1. The molecule has 0 bridgehead atoms. The summed E-state index contributed by atoms with van der Waals surface area (Å²) in [7, 11) is 0. The molecule has 3 fully saturated rings. The third-order valence-corrected chi connectivity index (χ3v) is 8.95. The molecule has 4 heterocycles. The summed E-state index contributed by atoms with van der Waals surface area (Å²) in [4.78, 5) is 45.7. The first kappa shape index (κ1) is 24.3. The molecular weight excluding hydrogens is 492 g/mol. The van der Waals surface area contributed by atoms with E-state index < -0.39 is 6.04 Å². The highest BCUT2D eigenvalue weighted by Gasteiger charge is 2.41. The summed E-state index contributed by atoms with van der Waals surface area (Å²) in [5.74, 6) is 0.463. The van der Waals surface area contributed by atoms with Crippen molar-refractivity contribution in [2.75, 3.05) is 13.1 Å². The molecule has 1 N–H and O–H groups in total. The van der Waals surface area contributed by atoms with Crippen molar-refractivity contribution in [1.82, 2.24) is 20.1 Å². The lowest BCUT2D eigenvalue weighted by Crippen LogP contribution is -2.57. The molecule has 2 saturated heterocycles. The Labute approximate surface area is 227 Å². The standard InChI is InChI=1S/C31H32N4O4/c36-29-12-11-27(30(37)33-29)35-18-19-15-21(9-10-23(19)31(35)38)39-28-8-4-3-7-26(28)34-16-20(17-34)22-13-14-32-25-6-2-1-5-24(22)25/h1-2,5-6,9-10,13-15,20,26-28H,3-4,7-8,11-12,16-18H2,(H,33,36,37)/t26-,27?,28-/m1/s1. The van der Waals surface area contributed by atoms with Crippen molar-refractivity contribution in [2.45, 2.75) is 69.2 Å². The Morgan fingerprint density at radius 1 is 0.949 bits per heavy atom. The zero-order valence-corrected chi connectivity index (χ0v) is 21.8. The van der Waals surface area contributed by atoms with Gasteiger partial charge in [-0.1, -0.05) is 24.6 Å². The Morgan fingerprint density at radius 3 is 2.67 bits per heavy atom. The van der Waals surface area contributed by atoms with Gasteiger partial charge in [-0.3, -0.25) is 29.6 Å². The van der Waals surface area contributed by atoms with Crippen LogP contribution in [-0.4, -0.2) is 63.8 Å². The minimum absolute atomic E-state index is 0.107. The number of amides is 3. The van der Waals surface area contributed by atoms with Crippen molar-refractivity contribution in [1.29, 1.82) is 0 Å². The Bertz CT molecular complexity index is 1460. The molecule has 200 valence electrons. The molecule has 3 aliphatic heterocycles. The van der Waals surface area contributed by atoms with Crippen molar-refractivity contribution in [3.05, 3.63) is 71.4 Å². The Kier molecular flexibility index (Phi) is 6.07. The van der Waals surface area contributed by atoms with E-state index in [0.29, 0.717) is 30.5 Å². The number of nitrogens with zero attached hydrogens (tertiary/aromatic N) is 3. The molecular formula is C31H32N4O4. The van der Waals surface area contributed by atoms with Gasteiger partial charge in [0.25, 0.3) is 5.91 Å². The lowest BCUT2D eigenvalue weighted by molar-refractivity contribution is -0.136. The number of imide groups is 1. The molecule has 3 aromatic rings. The number of piperidine rings is 1. The summed E-state index contributed by atoms with van der Waals surface area (Å²) in [6.45, 7) is 2.41. The van der Waals surface area contributed by atoms with Gasteiger partial charge in [0.1, 0.15) is 17.9 Å². The van der Waals surface area contributed by atoms with Gasteiger partial charge >= 0.3 is 0 Å². The SMILES string of the molecule is O=C1CCC(N2Cc3cc(O[C@@H]4CCCC[C@H]4N4CC(c5ccnc6ccccc56)C4)ccc3C2=O)C(=O)N1. The van der Waals surface area contributed by atoms with E-state index in [1.165, 1.54) is 17.4 Å². The molecule has 8 heteroatoms. The fourth-order valence-corrected chi connectivity index (χ4v) is 6.89. The summed E-state index contributed by atoms with van der Waals surface area (Å²) in [5, 5.41) is 3.61. The van der Waals surface area contributed by atoms with Crippen LogP contribution in [0.4, 0.5) is 0 Å². The van der Waals surface area contributed by atoms with E-state index in [2.05, 4.69) is 39.5 Å². The first-order valence-corrected chi connectivity index (χ1v) is 14.1. The maximum Gasteiger partial charge on any atom is 0.255 e. The number of ether oxygens (including phenoxy) is 1. The summed E-state index contributed by atoms with van der Waals surface area (Å²) in [6, 6.07) is 16.0. The fourth-order valence-electron chi connectivity index (χ4n) is 6.89. The molecule has 0 radical (unpaired) electrons. The van der Waals surface area contributed by atoms with Gasteiger partial charge in [-0.2, -0.15) is 0 Å². The van der Waals surface area contributed by atoms with Gasteiger partial charge in [0, 0.05) is 55.2 Å². The molecule has 39 heavy (non-hydrogen) atoms. The van der Waals surface area contributed by atoms with Crippen LogP contribution in [0.1, 0.15) is 65.9 Å². The van der Waals surface area contributed by atoms with Gasteiger partial charge in [-0.25, -0.2) is 0 Å². The second-order valence-corrected chi connectivity index (χ2v) is 11.3. The summed E-state index contributed by atoms with van der Waals surface area (Å²) in [6.07, 6.45) is 7.15. The van der Waals surface area contributed by atoms with Crippen molar-refractivity contribution in [3.8, 4) is 5.75 Å². The molecule has 1 aliphatic carbocycles. The number of benzene rings is 2. The molecule has 1 unspecified atom stereocenters. The van der Waals surface area contributed by atoms with Gasteiger partial charge in [0.15, 0.2) is 0 Å². The minimum atomic E-state index is -0.605. The third-order valence-electron chi connectivity index (χ3n) is 8.95. The average Bonchev–Trinajstić information content (AvgIpc) is 3.24. The van der Waals surface area contributed by atoms with Crippen LogP contribution < -0.4 is 10.1 Å². The van der Waals surface area contributed by atoms with Gasteiger partial charge in [0.05, 0.1) is 5.52 Å². The first-order chi connectivity index (χ1) is 19.0. The van der Waals surface area contributed by atoms with Crippen LogP contribution in [0.5, 0.6) is 5.75 Å². The summed E-state index contributed by atoms with van der Waals surface area (Å²) in [5.41, 5.74) is 3.93. The molecule has 7 rings (SSSR count). The molecule has 4 aliphatic rings. The number of likely N-dealkylation sites (tertiary alicyclic amines) is 1. The number of aromatic nitrogens is 1. The largest absolute Gasteiger partial charge is 0.489 e. The quantitative estimate of drug-likeness (QED) is 0.511. The molecule has 3 amide bonds. The summed E-state index contributed by atoms with van der Waals surface area (Å²) >= 11 is 0. The van der Waals surface area contributed by atoms with Gasteiger partial charge < -0.3 is 9.64 Å². The lowest BCUT2D eigenvalue weighted by atomic mass is 9.83. The lowest BCUT2D eigenvalue weighted by Gasteiger charge is -2.48. The highest BCUT2D eigenvalue weighted by atomic mass is 16.5. The Hall–Kier alpha value is -3.78. The van der Waals surface area contributed by atoms with Gasteiger partial charge in [-0.05, 0) is 67.1 Å². The van der Waals surface area contributed by atoms with E-state index in [-0.39, 0.29) is 30.2 Å². The molecule has 3 atom stereocenters. The zero-order chi connectivity index (χ0) is 26.5. The first-order valence-electron chi connectivity index (χ1n) is 14.1. The number of carbonyl (C=O) groups is 3. The zero-order valence-electron chi connectivity index (χ0n) is 21.8. The predicted octanol–water partition coefficient (Wildman–Crippen LogP) is 3.79. The second kappa shape index (κ2) is 9.75. The molecule has 0 spiro atoms. The molecule has 1 saturated carbocycles. The molecule has 8 nitrogen and oxygen atoms in total. The van der Waals surface area contributed by atoms with E-state index >= 15 is 0 Å². The van der Waals surface area contributed by atoms with Crippen LogP contribution in [0.25, 0.3) is 10.9 Å². The number of nitrogens with one attached hydrogen (secondary N) is 1. The van der Waals surface area contributed by atoms with Crippen LogP contribution in [0, 0.1) is 0 Å². The smallest absolute Gasteiger partial charge is 0.255 e. The van der Waals surface area contributed by atoms with Gasteiger partial charge in [0.2, 0.25) is 11.8 Å². The van der Waals surface area contributed by atoms with E-state index in [1.807, 2.05) is 30.5 Å². The van der Waals surface area contributed by atoms with Crippen LogP contribution in [-0.2, 0) is 16.1 Å². The fraction of sp³-hybridized carbons (Fsp3) is 0.419. The third kappa shape index (κ3) is 4.36. The maximum absolute atomic E-state index is 13.1. The van der Waals surface area contributed by atoms with E-state index in [4.69, 9.17) is 4.74 Å². The Morgan fingerprint density at radius 2 is 1.79 bits per heavy atom. The monoisotopic (exact) mass is 524 g/mol. The predicted molar refractivity (Wildman–Crippen MR) is 145 cm³/mol. The molecule has 1 aromatic heterocycles. The summed E-state index contributed by atoms with van der Waals surface area (Å²) < 4.78 is 6.61. The minimum Gasteiger partial charge on any atom is -0.489 e. The normalized spacial score (nSPS) is 25.9. The number of pyridine rings is 1. The number of hydrogen-bond donors (Lipinski definition) is 1. The van der Waals surface area contributed by atoms with Crippen molar-refractivity contribution in [3.63, 3.8) is 0 Å². The van der Waals surface area contributed by atoms with Crippen molar-refractivity contribution < 1.29 is 19.1 Å². The second-order valence-electron chi connectivity index (χ2n) is 11.3. The number of hydrogen-bond acceptors (Lipinski definition) is 6. The number of carbonyl (C=O) groups excluding carboxylic acids is 3. The van der Waals surface area contributed by atoms with Crippen molar-refractivity contribution in [2.24, 2.45) is 0 Å². The number of rotatable bonds is 5. The van der Waals surface area contributed by atoms with E-state index in [1.54, 1.807) is 4.90 Å². The van der Waals surface area contributed by atoms with Crippen LogP contribution >= 0.6 is 0 Å². The van der Waals surface area contributed by atoms with Crippen LogP contribution in [0.2, 0.25) is 0 Å². The van der Waals surface area contributed by atoms with Crippen LogP contribution in [0.3, 0.4) is 0 Å². The number of para-hydroxylation sites is 1. The highest BCUT2D eigenvalue weighted by molar-refractivity contribution is 6.05. The highest BCUT2D eigenvalue weighted by Crippen LogP contribution is 2.38.